The van der Waals surface area contributed by atoms with Gasteiger partial charge in [-0.25, -0.2) is 0 Å². The van der Waals surface area contributed by atoms with Crippen LogP contribution in [-0.4, -0.2) is 10.2 Å². The maximum Gasteiger partial charge on any atom is 0.305 e. The van der Waals surface area contributed by atoms with E-state index in [-0.39, 0.29) is 0 Å². The minimum absolute atomic E-state index is 0.671. The van der Waals surface area contributed by atoms with Gasteiger partial charge in [0.25, 0.3) is 0 Å². The Hall–Kier alpha value is -3.57. The Morgan fingerprint density at radius 1 is 0.394 bits per heavy atom. The van der Waals surface area contributed by atoms with Crippen LogP contribution in [0, 0.1) is 0 Å². The van der Waals surface area contributed by atoms with E-state index in [1.807, 2.05) is 135 Å². The van der Waals surface area contributed by atoms with Gasteiger partial charge in [0, 0.05) is 25.6 Å². The zero-order chi connectivity index (χ0) is 23.0. The molecule has 4 aromatic carbocycles. The zero-order valence-electron chi connectivity index (χ0n) is 18.6. The molecule has 0 spiro atoms. The summed E-state index contributed by atoms with van der Waals surface area (Å²) < 4.78 is 25.4. The second-order valence-electron chi connectivity index (χ2n) is 7.49. The lowest BCUT2D eigenvalue weighted by atomic mass is 10.3. The van der Waals surface area contributed by atoms with Gasteiger partial charge < -0.3 is 18.9 Å². The number of ether oxygens (including phenoxy) is 4. The number of hydrogen-bond acceptors (Lipinski definition) is 5. The normalized spacial score (nSPS) is 11.5. The molecule has 0 bridgehead atoms. The Bertz CT molecular complexity index is 932. The number of thioether (sulfide) groups is 1. The second-order valence-corrected chi connectivity index (χ2v) is 9.17. The van der Waals surface area contributed by atoms with Gasteiger partial charge in [0.2, 0.25) is 0 Å². The van der Waals surface area contributed by atoms with Crippen molar-refractivity contribution in [2.75, 3.05) is 0 Å². The van der Waals surface area contributed by atoms with Gasteiger partial charge in [-0.2, -0.15) is 0 Å². The maximum atomic E-state index is 6.36. The van der Waals surface area contributed by atoms with Crippen LogP contribution in [0.3, 0.4) is 0 Å². The van der Waals surface area contributed by atoms with Crippen LogP contribution in [0.1, 0.15) is 13.8 Å². The molecule has 0 atom stereocenters. The molecule has 4 rings (SSSR count). The first kappa shape index (κ1) is 22.6. The van der Waals surface area contributed by atoms with Crippen molar-refractivity contribution in [1.82, 2.24) is 0 Å². The van der Waals surface area contributed by atoms with E-state index < -0.39 is 10.2 Å². The summed E-state index contributed by atoms with van der Waals surface area (Å²) in [6.45, 7) is 3.72. The van der Waals surface area contributed by atoms with Gasteiger partial charge in [-0.3, -0.25) is 0 Å². The van der Waals surface area contributed by atoms with Gasteiger partial charge in [0.15, 0.2) is 0 Å². The molecule has 0 aliphatic heterocycles. The van der Waals surface area contributed by atoms with Crippen LogP contribution in [-0.2, 0) is 0 Å². The van der Waals surface area contributed by atoms with E-state index in [4.69, 9.17) is 18.9 Å². The van der Waals surface area contributed by atoms with E-state index in [0.717, 1.165) is 0 Å². The molecule has 0 saturated heterocycles. The Labute approximate surface area is 199 Å². The first-order valence-electron chi connectivity index (χ1n) is 10.7. The maximum absolute atomic E-state index is 6.36. The highest BCUT2D eigenvalue weighted by molar-refractivity contribution is 8.01. The summed E-state index contributed by atoms with van der Waals surface area (Å²) in [6, 6.07) is 38.2. The van der Waals surface area contributed by atoms with E-state index in [1.165, 1.54) is 11.8 Å². The Balaban J connectivity index is 1.67. The summed E-state index contributed by atoms with van der Waals surface area (Å²) in [7, 11) is 0. The molecule has 168 valence electrons. The lowest BCUT2D eigenvalue weighted by molar-refractivity contribution is -0.0452. The van der Waals surface area contributed by atoms with E-state index >= 15 is 0 Å². The fourth-order valence-corrected chi connectivity index (χ4v) is 4.50. The van der Waals surface area contributed by atoms with Crippen molar-refractivity contribution >= 4 is 11.8 Å². The fraction of sp³-hybridized carbons (Fsp3) is 0.143. The van der Waals surface area contributed by atoms with Crippen LogP contribution in [0.4, 0.5) is 0 Å². The minimum atomic E-state index is -1.18. The summed E-state index contributed by atoms with van der Waals surface area (Å²) in [5, 5.41) is -2.36. The minimum Gasteiger partial charge on any atom is -0.443 e. The largest absolute Gasteiger partial charge is 0.443 e. The average Bonchev–Trinajstić information content (AvgIpc) is 2.81. The SMILES string of the molecule is CC(Oc1ccccc1)(Oc1ccccc1)SC(C)(Oc1ccccc1)Oc1ccccc1. The monoisotopic (exact) mass is 458 g/mol. The molecule has 0 aliphatic carbocycles. The molecule has 5 heteroatoms. The molecule has 4 nitrogen and oxygen atoms in total. The molecule has 0 heterocycles. The summed E-state index contributed by atoms with van der Waals surface area (Å²) in [6.07, 6.45) is 0. The standard InChI is InChI=1S/C28H26O4S/c1-27(29-23-15-7-3-8-16-23,30-24-17-9-4-10-18-24)33-28(2,31-25-19-11-5-12-20-25)32-26-21-13-6-14-22-26/h3-22H,1-2H3. The van der Waals surface area contributed by atoms with Crippen molar-refractivity contribution in [3.05, 3.63) is 121 Å². The van der Waals surface area contributed by atoms with Crippen molar-refractivity contribution in [1.29, 1.82) is 0 Å². The molecule has 0 fully saturated rings. The van der Waals surface area contributed by atoms with Crippen LogP contribution in [0.2, 0.25) is 0 Å². The summed E-state index contributed by atoms with van der Waals surface area (Å²) in [5.41, 5.74) is 0. The Morgan fingerprint density at radius 2 is 0.606 bits per heavy atom. The van der Waals surface area contributed by atoms with Gasteiger partial charge >= 0.3 is 10.2 Å². The molecule has 0 aliphatic rings. The third kappa shape index (κ3) is 6.70. The Kier molecular flexibility index (Phi) is 7.10. The number of rotatable bonds is 10. The van der Waals surface area contributed by atoms with E-state index in [0.29, 0.717) is 23.0 Å². The van der Waals surface area contributed by atoms with Crippen LogP contribution in [0.15, 0.2) is 121 Å². The lowest BCUT2D eigenvalue weighted by Gasteiger charge is -2.38. The lowest BCUT2D eigenvalue weighted by Crippen LogP contribution is -2.46. The van der Waals surface area contributed by atoms with Gasteiger partial charge in [-0.15, -0.1) is 0 Å². The molecule has 0 aromatic heterocycles. The van der Waals surface area contributed by atoms with Crippen LogP contribution in [0.5, 0.6) is 23.0 Å². The van der Waals surface area contributed by atoms with Crippen molar-refractivity contribution in [2.24, 2.45) is 0 Å². The van der Waals surface area contributed by atoms with Gasteiger partial charge in [-0.05, 0) is 48.5 Å². The fourth-order valence-electron chi connectivity index (χ4n) is 3.27. The van der Waals surface area contributed by atoms with E-state index in [9.17, 15) is 0 Å². The molecule has 0 saturated carbocycles. The predicted octanol–water partition coefficient (Wildman–Crippen LogP) is 7.38. The van der Waals surface area contributed by atoms with Gasteiger partial charge in [0.05, 0.1) is 0 Å². The molecule has 4 aromatic rings. The molecule has 0 N–H and O–H groups in total. The molecule has 33 heavy (non-hydrogen) atoms. The predicted molar refractivity (Wildman–Crippen MR) is 133 cm³/mol. The average molecular weight is 459 g/mol. The summed E-state index contributed by atoms with van der Waals surface area (Å²) >= 11 is 1.28. The third-order valence-corrected chi connectivity index (χ3v) is 5.63. The Morgan fingerprint density at radius 3 is 0.818 bits per heavy atom. The number of para-hydroxylation sites is 4. The highest BCUT2D eigenvalue weighted by atomic mass is 32.2. The van der Waals surface area contributed by atoms with Crippen molar-refractivity contribution in [2.45, 2.75) is 24.1 Å². The molecular formula is C28H26O4S. The molecule has 0 amide bonds. The first-order chi connectivity index (χ1) is 16.0. The van der Waals surface area contributed by atoms with Crippen LogP contribution >= 0.6 is 11.8 Å². The van der Waals surface area contributed by atoms with E-state index in [2.05, 4.69) is 0 Å². The highest BCUT2D eigenvalue weighted by Gasteiger charge is 2.44. The number of benzene rings is 4. The third-order valence-electron chi connectivity index (χ3n) is 4.56. The molecular weight excluding hydrogens is 432 g/mol. The first-order valence-corrected chi connectivity index (χ1v) is 11.5. The van der Waals surface area contributed by atoms with Crippen molar-refractivity contribution in [3.63, 3.8) is 0 Å². The second kappa shape index (κ2) is 10.4. The van der Waals surface area contributed by atoms with Gasteiger partial charge in [-0.1, -0.05) is 72.8 Å². The van der Waals surface area contributed by atoms with E-state index in [1.54, 1.807) is 0 Å². The summed E-state index contributed by atoms with van der Waals surface area (Å²) in [5.74, 6) is 2.69. The molecule has 0 unspecified atom stereocenters. The van der Waals surface area contributed by atoms with Crippen LogP contribution < -0.4 is 18.9 Å². The smallest absolute Gasteiger partial charge is 0.305 e. The summed E-state index contributed by atoms with van der Waals surface area (Å²) in [4.78, 5) is 0. The molecule has 0 radical (unpaired) electrons. The highest BCUT2D eigenvalue weighted by Crippen LogP contribution is 2.42. The number of hydrogen-bond donors (Lipinski definition) is 0. The van der Waals surface area contributed by atoms with Crippen molar-refractivity contribution in [3.8, 4) is 23.0 Å². The zero-order valence-corrected chi connectivity index (χ0v) is 19.4. The van der Waals surface area contributed by atoms with Crippen molar-refractivity contribution < 1.29 is 18.9 Å². The van der Waals surface area contributed by atoms with Crippen LogP contribution in [0.25, 0.3) is 0 Å². The quantitative estimate of drug-likeness (QED) is 0.232. The van der Waals surface area contributed by atoms with Gasteiger partial charge in [0.1, 0.15) is 23.0 Å². The topological polar surface area (TPSA) is 36.9 Å².